The Balaban J connectivity index is 0. The summed E-state index contributed by atoms with van der Waals surface area (Å²) in [6.07, 6.45) is -2.29. The Morgan fingerprint density at radius 2 is 1.58 bits per heavy atom. The first kappa shape index (κ1) is 12.9. The van der Waals surface area contributed by atoms with E-state index in [1.54, 1.807) is 0 Å². The molecule has 0 aliphatic rings. The number of aliphatic hydroxyl groups is 1. The van der Waals surface area contributed by atoms with Gasteiger partial charge < -0.3 is 15.3 Å². The molecule has 0 spiro atoms. The zero-order valence-corrected chi connectivity index (χ0v) is 5.76. The molecular weight excluding hydrogens is 172 g/mol. The van der Waals surface area contributed by atoms with Crippen LogP contribution in [0.4, 0.5) is 0 Å². The molecular formula is C5H6O7. The van der Waals surface area contributed by atoms with E-state index in [0.717, 1.165) is 0 Å². The first-order valence-corrected chi connectivity index (χ1v) is 2.57. The lowest BCUT2D eigenvalue weighted by atomic mass is 10.3. The summed E-state index contributed by atoms with van der Waals surface area (Å²) in [6.45, 7) is 0. The van der Waals surface area contributed by atoms with Crippen LogP contribution in [0.15, 0.2) is 0 Å². The van der Waals surface area contributed by atoms with Crippen molar-refractivity contribution in [2.24, 2.45) is 0 Å². The van der Waals surface area contributed by atoms with Crippen molar-refractivity contribution < 1.29 is 34.5 Å². The molecule has 0 saturated carbocycles. The predicted molar refractivity (Wildman–Crippen MR) is 30.9 cm³/mol. The standard InChI is InChI=1S/C4H6O5.CO2/c5-2(4(8)9)1-3(6)7;2-1-3/h2,5H,1H2,(H,6,7)(H,8,9);/t2-;/m0./s1. The Hall–Kier alpha value is -1.72. The maximum Gasteiger partial charge on any atom is 0.373 e. The minimum Gasteiger partial charge on any atom is -0.481 e. The molecule has 3 N–H and O–H groups in total. The van der Waals surface area contributed by atoms with E-state index in [4.69, 9.17) is 24.9 Å². The summed E-state index contributed by atoms with van der Waals surface area (Å²) in [7, 11) is 0. The molecule has 12 heavy (non-hydrogen) atoms. The fourth-order valence-electron chi connectivity index (χ4n) is 0.253. The summed E-state index contributed by atoms with van der Waals surface area (Å²) in [5.74, 6) is -2.85. The molecule has 0 saturated heterocycles. The molecule has 7 nitrogen and oxygen atoms in total. The highest BCUT2D eigenvalue weighted by atomic mass is 16.4. The number of carboxylic acids is 2. The van der Waals surface area contributed by atoms with Gasteiger partial charge in [-0.1, -0.05) is 0 Å². The number of hydrogen-bond donors (Lipinski definition) is 3. The van der Waals surface area contributed by atoms with Crippen LogP contribution in [-0.4, -0.2) is 39.5 Å². The maximum absolute atomic E-state index is 9.72. The van der Waals surface area contributed by atoms with Crippen LogP contribution >= 0.6 is 0 Å². The zero-order chi connectivity index (χ0) is 10.1. The molecule has 0 aromatic heterocycles. The lowest BCUT2D eigenvalue weighted by Gasteiger charge is -1.97. The van der Waals surface area contributed by atoms with Crippen LogP contribution < -0.4 is 0 Å². The van der Waals surface area contributed by atoms with Gasteiger partial charge in [-0.2, -0.15) is 9.59 Å². The SMILES string of the molecule is O=C(O)C[C@H](O)C(=O)O.O=C=O. The Labute approximate surface area is 66.2 Å². The molecule has 0 unspecified atom stereocenters. The minimum atomic E-state index is -1.79. The summed E-state index contributed by atoms with van der Waals surface area (Å²) >= 11 is 0. The average Bonchev–Trinajstić information content (AvgIpc) is 1.87. The Kier molecular flexibility index (Phi) is 7.95. The van der Waals surface area contributed by atoms with E-state index in [-0.39, 0.29) is 6.15 Å². The van der Waals surface area contributed by atoms with Crippen molar-refractivity contribution in [3.63, 3.8) is 0 Å². The molecule has 0 amide bonds. The molecule has 0 rings (SSSR count). The largest absolute Gasteiger partial charge is 0.481 e. The van der Waals surface area contributed by atoms with Crippen molar-refractivity contribution in [2.45, 2.75) is 12.5 Å². The van der Waals surface area contributed by atoms with E-state index in [2.05, 4.69) is 0 Å². The first-order valence-electron chi connectivity index (χ1n) is 2.57. The molecule has 0 aromatic rings. The van der Waals surface area contributed by atoms with Gasteiger partial charge in [0.25, 0.3) is 0 Å². The molecule has 0 radical (unpaired) electrons. The third kappa shape index (κ3) is 11.1. The van der Waals surface area contributed by atoms with Crippen LogP contribution in [-0.2, 0) is 19.2 Å². The van der Waals surface area contributed by atoms with Gasteiger partial charge in [0, 0.05) is 0 Å². The average molecular weight is 178 g/mol. The third-order valence-electron chi connectivity index (χ3n) is 0.653. The normalized spacial score (nSPS) is 10.1. The predicted octanol–water partition coefficient (Wildman–Crippen LogP) is -1.68. The van der Waals surface area contributed by atoms with Crippen LogP contribution in [0.1, 0.15) is 6.42 Å². The van der Waals surface area contributed by atoms with Crippen molar-refractivity contribution in [1.82, 2.24) is 0 Å². The number of carbonyl (C=O) groups is 2. The van der Waals surface area contributed by atoms with Crippen LogP contribution in [0.25, 0.3) is 0 Å². The molecule has 1 atom stereocenters. The Morgan fingerprint density at radius 3 is 1.67 bits per heavy atom. The fourth-order valence-corrected chi connectivity index (χ4v) is 0.253. The van der Waals surface area contributed by atoms with Gasteiger partial charge >= 0.3 is 18.1 Å². The van der Waals surface area contributed by atoms with Crippen molar-refractivity contribution in [2.75, 3.05) is 0 Å². The zero-order valence-electron chi connectivity index (χ0n) is 5.76. The van der Waals surface area contributed by atoms with Gasteiger partial charge in [0.1, 0.15) is 0 Å². The summed E-state index contributed by atoms with van der Waals surface area (Å²) < 4.78 is 0. The highest BCUT2D eigenvalue weighted by molar-refractivity contribution is 5.79. The molecule has 0 aliphatic carbocycles. The molecule has 68 valence electrons. The summed E-state index contributed by atoms with van der Waals surface area (Å²) in [6, 6.07) is 0. The van der Waals surface area contributed by atoms with Gasteiger partial charge in [0.05, 0.1) is 6.42 Å². The van der Waals surface area contributed by atoms with Gasteiger partial charge in [-0.25, -0.2) is 4.79 Å². The number of carbonyl (C=O) groups excluding carboxylic acids is 2. The van der Waals surface area contributed by atoms with E-state index in [1.165, 1.54) is 0 Å². The molecule has 0 bridgehead atoms. The Bertz CT molecular complexity index is 190. The highest BCUT2D eigenvalue weighted by Gasteiger charge is 2.16. The second-order valence-electron chi connectivity index (χ2n) is 1.54. The van der Waals surface area contributed by atoms with Gasteiger partial charge in [0.15, 0.2) is 6.10 Å². The molecule has 0 fully saturated rings. The van der Waals surface area contributed by atoms with Gasteiger partial charge in [-0.3, -0.25) is 4.79 Å². The number of carboxylic acid groups (broad SMARTS) is 2. The van der Waals surface area contributed by atoms with Crippen LogP contribution in [0.5, 0.6) is 0 Å². The molecule has 0 aromatic carbocycles. The smallest absolute Gasteiger partial charge is 0.373 e. The van der Waals surface area contributed by atoms with E-state index >= 15 is 0 Å². The van der Waals surface area contributed by atoms with Gasteiger partial charge in [0.2, 0.25) is 0 Å². The van der Waals surface area contributed by atoms with E-state index in [0.29, 0.717) is 0 Å². The number of hydrogen-bond acceptors (Lipinski definition) is 5. The van der Waals surface area contributed by atoms with E-state index < -0.39 is 24.5 Å². The first-order chi connectivity index (χ1) is 5.45. The quantitative estimate of drug-likeness (QED) is 0.470. The second-order valence-corrected chi connectivity index (χ2v) is 1.54. The van der Waals surface area contributed by atoms with Crippen LogP contribution in [0.3, 0.4) is 0 Å². The topological polar surface area (TPSA) is 129 Å². The summed E-state index contributed by atoms with van der Waals surface area (Å²) in [4.78, 5) is 35.7. The van der Waals surface area contributed by atoms with Gasteiger partial charge in [-0.05, 0) is 0 Å². The van der Waals surface area contributed by atoms with E-state index in [1.807, 2.05) is 0 Å². The number of rotatable bonds is 3. The molecule has 7 heteroatoms. The summed E-state index contributed by atoms with van der Waals surface area (Å²) in [5.41, 5.74) is 0. The highest BCUT2D eigenvalue weighted by Crippen LogP contribution is 1.89. The Morgan fingerprint density at radius 1 is 1.25 bits per heavy atom. The van der Waals surface area contributed by atoms with Gasteiger partial charge in [-0.15, -0.1) is 0 Å². The molecule has 0 heterocycles. The lowest BCUT2D eigenvalue weighted by Crippen LogP contribution is -2.22. The fraction of sp³-hybridized carbons (Fsp3) is 0.400. The maximum atomic E-state index is 9.72. The third-order valence-corrected chi connectivity index (χ3v) is 0.653. The number of aliphatic hydroxyl groups excluding tert-OH is 1. The van der Waals surface area contributed by atoms with Crippen LogP contribution in [0.2, 0.25) is 0 Å². The van der Waals surface area contributed by atoms with Crippen LogP contribution in [0, 0.1) is 0 Å². The van der Waals surface area contributed by atoms with Crippen molar-refractivity contribution in [3.05, 3.63) is 0 Å². The summed E-state index contributed by atoms with van der Waals surface area (Å²) in [5, 5.41) is 24.1. The van der Waals surface area contributed by atoms with Crippen molar-refractivity contribution in [3.8, 4) is 0 Å². The lowest BCUT2D eigenvalue weighted by molar-refractivity contribution is -0.191. The van der Waals surface area contributed by atoms with Crippen molar-refractivity contribution >= 4 is 18.1 Å². The van der Waals surface area contributed by atoms with Crippen molar-refractivity contribution in [1.29, 1.82) is 0 Å². The van der Waals surface area contributed by atoms with E-state index in [9.17, 15) is 9.59 Å². The minimum absolute atomic E-state index is 0.250. The molecule has 0 aliphatic heterocycles. The number of aliphatic carboxylic acids is 2. The second kappa shape index (κ2) is 7.39. The monoisotopic (exact) mass is 178 g/mol.